The van der Waals surface area contributed by atoms with Crippen LogP contribution in [0.3, 0.4) is 0 Å². The zero-order valence-corrected chi connectivity index (χ0v) is 14.1. The van der Waals surface area contributed by atoms with Crippen LogP contribution in [0.2, 0.25) is 5.02 Å². The molecule has 7 heteroatoms. The average molecular weight is 359 g/mol. The van der Waals surface area contributed by atoms with Gasteiger partial charge in [-0.15, -0.1) is 0 Å². The van der Waals surface area contributed by atoms with Gasteiger partial charge in [-0.1, -0.05) is 41.9 Å². The van der Waals surface area contributed by atoms with Crippen molar-refractivity contribution in [3.8, 4) is 0 Å². The Morgan fingerprint density at radius 2 is 1.88 bits per heavy atom. The van der Waals surface area contributed by atoms with Crippen LogP contribution in [-0.2, 0) is 9.53 Å². The fourth-order valence-corrected chi connectivity index (χ4v) is 3.14. The molecule has 0 saturated carbocycles. The van der Waals surface area contributed by atoms with E-state index in [9.17, 15) is 14.9 Å². The molecule has 2 aromatic carbocycles. The van der Waals surface area contributed by atoms with Crippen LogP contribution in [0.5, 0.6) is 0 Å². The summed E-state index contributed by atoms with van der Waals surface area (Å²) < 4.78 is 4.69. The smallest absolute Gasteiger partial charge is 0.382 e. The van der Waals surface area contributed by atoms with Crippen LogP contribution in [0.15, 0.2) is 54.7 Å². The Hall–Kier alpha value is -2.86. The van der Waals surface area contributed by atoms with Crippen molar-refractivity contribution in [2.24, 2.45) is 0 Å². The largest absolute Gasteiger partial charge is 0.464 e. The summed E-state index contributed by atoms with van der Waals surface area (Å²) in [5.41, 5.74) is 2.11. The monoisotopic (exact) mass is 358 g/mol. The number of aromatic amines is 1. The number of methoxy groups -OCH3 is 1. The molecule has 25 heavy (non-hydrogen) atoms. The van der Waals surface area contributed by atoms with Gasteiger partial charge in [-0.05, 0) is 29.3 Å². The highest BCUT2D eigenvalue weighted by molar-refractivity contribution is 6.30. The summed E-state index contributed by atoms with van der Waals surface area (Å²) in [7, 11) is 1.15. The number of carbonyl (C=O) groups excluding carboxylic acids is 1. The van der Waals surface area contributed by atoms with Gasteiger partial charge < -0.3 is 9.72 Å². The number of H-pyrrole nitrogens is 1. The maximum Gasteiger partial charge on any atom is 0.382 e. The summed E-state index contributed by atoms with van der Waals surface area (Å²) in [4.78, 5) is 26.3. The number of hydrogen-bond donors (Lipinski definition) is 1. The number of carbonyl (C=O) groups is 1. The summed E-state index contributed by atoms with van der Waals surface area (Å²) >= 11 is 5.94. The maximum atomic E-state index is 12.2. The average Bonchev–Trinajstić information content (AvgIpc) is 3.03. The lowest BCUT2D eigenvalue weighted by Crippen LogP contribution is -2.37. The molecule has 0 aliphatic carbocycles. The molecule has 0 radical (unpaired) electrons. The molecule has 0 aliphatic rings. The lowest BCUT2D eigenvalue weighted by molar-refractivity contribution is -0.512. The van der Waals surface area contributed by atoms with Crippen LogP contribution in [-0.4, -0.2) is 29.0 Å². The molecule has 0 aliphatic heterocycles. The predicted octanol–water partition coefficient (Wildman–Crippen LogP) is 3.77. The Balaban J connectivity index is 2.22. The first-order chi connectivity index (χ1) is 12.0. The fourth-order valence-electron chi connectivity index (χ4n) is 3.02. The first-order valence-electron chi connectivity index (χ1n) is 7.55. The second-order valence-electron chi connectivity index (χ2n) is 5.57. The number of aromatic nitrogens is 1. The van der Waals surface area contributed by atoms with E-state index in [4.69, 9.17) is 16.3 Å². The molecule has 6 nitrogen and oxygen atoms in total. The van der Waals surface area contributed by atoms with Gasteiger partial charge in [-0.2, -0.15) is 0 Å². The Bertz CT molecular complexity index is 920. The van der Waals surface area contributed by atoms with Crippen LogP contribution >= 0.6 is 11.6 Å². The molecule has 1 aromatic heterocycles. The van der Waals surface area contributed by atoms with Crippen LogP contribution in [0.4, 0.5) is 0 Å². The number of ether oxygens (including phenoxy) is 1. The highest BCUT2D eigenvalue weighted by atomic mass is 35.5. The van der Waals surface area contributed by atoms with Gasteiger partial charge in [0.25, 0.3) is 0 Å². The number of esters is 1. The Kier molecular flexibility index (Phi) is 4.72. The zero-order valence-electron chi connectivity index (χ0n) is 13.3. The molecule has 0 unspecified atom stereocenters. The molecule has 0 fully saturated rings. The summed E-state index contributed by atoms with van der Waals surface area (Å²) in [6.07, 6.45) is 1.70. The molecule has 0 saturated heterocycles. The van der Waals surface area contributed by atoms with Crippen molar-refractivity contribution in [1.82, 2.24) is 4.98 Å². The standard InChI is InChI=1S/C18H15ClN2O4/c1-25-18(22)17(21(23)24)16(11-6-8-12(19)9-7-11)14-10-20-15-5-3-2-4-13(14)15/h2-10,16-17,20H,1H3/t16-,17-/m1/s1. The molecule has 0 spiro atoms. The molecular weight excluding hydrogens is 344 g/mol. The van der Waals surface area contributed by atoms with E-state index in [2.05, 4.69) is 4.98 Å². The third-order valence-electron chi connectivity index (χ3n) is 4.17. The molecule has 3 aromatic rings. The van der Waals surface area contributed by atoms with Crippen molar-refractivity contribution in [1.29, 1.82) is 0 Å². The molecule has 3 rings (SSSR count). The van der Waals surface area contributed by atoms with Gasteiger partial charge in [0.15, 0.2) is 0 Å². The highest BCUT2D eigenvalue weighted by Crippen LogP contribution is 2.35. The topological polar surface area (TPSA) is 85.2 Å². The number of para-hydroxylation sites is 1. The number of halogens is 1. The highest BCUT2D eigenvalue weighted by Gasteiger charge is 2.42. The number of hydrogen-bond acceptors (Lipinski definition) is 4. The van der Waals surface area contributed by atoms with E-state index in [-0.39, 0.29) is 0 Å². The van der Waals surface area contributed by atoms with Crippen molar-refractivity contribution in [2.45, 2.75) is 12.0 Å². The van der Waals surface area contributed by atoms with Crippen molar-refractivity contribution in [3.05, 3.63) is 81.0 Å². The van der Waals surface area contributed by atoms with Crippen molar-refractivity contribution >= 4 is 28.5 Å². The van der Waals surface area contributed by atoms with Gasteiger partial charge in [0, 0.05) is 27.0 Å². The molecular formula is C18H15ClN2O4. The number of nitro groups is 1. The lowest BCUT2D eigenvalue weighted by atomic mass is 9.85. The molecule has 1 heterocycles. The number of rotatable bonds is 5. The second kappa shape index (κ2) is 6.94. The number of fused-ring (bicyclic) bond motifs is 1. The van der Waals surface area contributed by atoms with E-state index in [0.29, 0.717) is 16.1 Å². The minimum absolute atomic E-state index is 0.511. The number of benzene rings is 2. The number of nitrogens with zero attached hydrogens (tertiary/aromatic N) is 1. The third kappa shape index (κ3) is 3.21. The first-order valence-corrected chi connectivity index (χ1v) is 7.93. The van der Waals surface area contributed by atoms with E-state index < -0.39 is 22.9 Å². The fraction of sp³-hybridized carbons (Fsp3) is 0.167. The Labute approximate surface area is 148 Å². The van der Waals surface area contributed by atoms with Gasteiger partial charge in [-0.25, -0.2) is 4.79 Å². The van der Waals surface area contributed by atoms with Gasteiger partial charge in [0.05, 0.1) is 13.0 Å². The zero-order chi connectivity index (χ0) is 18.0. The summed E-state index contributed by atoms with van der Waals surface area (Å²) in [6, 6.07) is 12.5. The van der Waals surface area contributed by atoms with E-state index >= 15 is 0 Å². The van der Waals surface area contributed by atoms with Crippen LogP contribution in [0.1, 0.15) is 17.0 Å². The summed E-state index contributed by atoms with van der Waals surface area (Å²) in [5, 5.41) is 13.0. The van der Waals surface area contributed by atoms with Crippen molar-refractivity contribution in [2.75, 3.05) is 7.11 Å². The summed E-state index contributed by atoms with van der Waals surface area (Å²) in [6.45, 7) is 0. The van der Waals surface area contributed by atoms with Gasteiger partial charge in [0.2, 0.25) is 0 Å². The third-order valence-corrected chi connectivity index (χ3v) is 4.42. The molecule has 1 N–H and O–H groups in total. The maximum absolute atomic E-state index is 12.2. The SMILES string of the molecule is COC(=O)[C@@H]([C@H](c1ccc(Cl)cc1)c1c[nH]c2ccccc12)[N+](=O)[O-]. The lowest BCUT2D eigenvalue weighted by Gasteiger charge is -2.20. The van der Waals surface area contributed by atoms with Crippen molar-refractivity contribution in [3.63, 3.8) is 0 Å². The van der Waals surface area contributed by atoms with Gasteiger partial charge in [-0.3, -0.25) is 10.1 Å². The van der Waals surface area contributed by atoms with E-state index in [0.717, 1.165) is 18.0 Å². The number of nitrogens with one attached hydrogen (secondary N) is 1. The minimum atomic E-state index is -1.56. The van der Waals surface area contributed by atoms with Crippen molar-refractivity contribution < 1.29 is 14.5 Å². The first kappa shape index (κ1) is 17.0. The normalized spacial score (nSPS) is 13.4. The minimum Gasteiger partial charge on any atom is -0.464 e. The summed E-state index contributed by atoms with van der Waals surface area (Å²) in [5.74, 6) is -1.70. The quantitative estimate of drug-likeness (QED) is 0.427. The van der Waals surface area contributed by atoms with E-state index in [1.54, 1.807) is 30.5 Å². The molecule has 2 atom stereocenters. The van der Waals surface area contributed by atoms with Gasteiger partial charge in [0.1, 0.15) is 0 Å². The predicted molar refractivity (Wildman–Crippen MR) is 94.4 cm³/mol. The molecule has 0 bridgehead atoms. The van der Waals surface area contributed by atoms with E-state index in [1.165, 1.54) is 0 Å². The van der Waals surface area contributed by atoms with Crippen LogP contribution in [0.25, 0.3) is 10.9 Å². The Morgan fingerprint density at radius 3 is 2.52 bits per heavy atom. The second-order valence-corrected chi connectivity index (χ2v) is 6.01. The molecule has 0 amide bonds. The van der Waals surface area contributed by atoms with E-state index in [1.807, 2.05) is 24.3 Å². The van der Waals surface area contributed by atoms with Gasteiger partial charge >= 0.3 is 12.0 Å². The molecule has 128 valence electrons. The van der Waals surface area contributed by atoms with Crippen LogP contribution < -0.4 is 0 Å². The Morgan fingerprint density at radius 1 is 1.20 bits per heavy atom. The van der Waals surface area contributed by atoms with Crippen LogP contribution in [0, 0.1) is 10.1 Å².